The average molecular weight is 841 g/mol. The third-order valence-electron chi connectivity index (χ3n) is 9.13. The first-order valence-corrected chi connectivity index (χ1v) is 18.3. The molecule has 0 bridgehead atoms. The number of aliphatic hydroxyl groups excluding tert-OH is 2. The van der Waals surface area contributed by atoms with Gasteiger partial charge < -0.3 is 57.6 Å². The van der Waals surface area contributed by atoms with Crippen molar-refractivity contribution >= 4 is 47.8 Å². The molecular formula is C40H40O20. The molecule has 2 atom stereocenters. The Morgan fingerprint density at radius 3 is 1.15 bits per heavy atom. The van der Waals surface area contributed by atoms with Crippen molar-refractivity contribution in [1.29, 1.82) is 0 Å². The molecule has 0 aromatic rings. The van der Waals surface area contributed by atoms with Gasteiger partial charge in [0.15, 0.2) is 0 Å². The molecule has 5 rings (SSSR count). The highest BCUT2D eigenvalue weighted by molar-refractivity contribution is 6.16. The molecule has 2 unspecified atom stereocenters. The summed E-state index contributed by atoms with van der Waals surface area (Å²) in [6.07, 6.45) is 11.5. The standard InChI is InChI=1S/C40H40O20/c1-23(41)51-21-19-37(3)53-29(43)25(30(44)54-37)11-7-5-9-13-27-33(47)57-39(58-34(27)48)15-17-40(18-16-39)59-35(49)28(36(50)60-40)14-10-6-8-12-26-31(45)55-38(4,56-32(26)46)20-22-52-24(2)42/h5-14,43,45H,15-22H2,1-4H3. The van der Waals surface area contributed by atoms with E-state index in [0.717, 1.165) is 24.3 Å². The summed E-state index contributed by atoms with van der Waals surface area (Å²) in [6.45, 7) is 4.94. The summed E-state index contributed by atoms with van der Waals surface area (Å²) in [7, 11) is 0. The first kappa shape index (κ1) is 44.0. The van der Waals surface area contributed by atoms with Crippen molar-refractivity contribution in [1.82, 2.24) is 0 Å². The van der Waals surface area contributed by atoms with Crippen LogP contribution in [0.1, 0.15) is 66.2 Å². The summed E-state index contributed by atoms with van der Waals surface area (Å²) in [4.78, 5) is 98.4. The third-order valence-corrected chi connectivity index (χ3v) is 9.13. The minimum atomic E-state index is -1.72. The lowest BCUT2D eigenvalue weighted by Gasteiger charge is -2.45. The summed E-state index contributed by atoms with van der Waals surface area (Å²) in [6, 6.07) is 0. The van der Waals surface area contributed by atoms with Gasteiger partial charge in [-0.1, -0.05) is 36.5 Å². The molecule has 0 radical (unpaired) electrons. The fraction of sp³-hybridized carbons (Fsp3) is 0.400. The number of ether oxygens (including phenoxy) is 10. The summed E-state index contributed by atoms with van der Waals surface area (Å²) >= 11 is 0. The first-order chi connectivity index (χ1) is 28.3. The highest BCUT2D eigenvalue weighted by Gasteiger charge is 2.57. The second-order valence-electron chi connectivity index (χ2n) is 13.9. The Balaban J connectivity index is 1.11. The average Bonchev–Trinajstić information content (AvgIpc) is 3.13. The zero-order valence-corrected chi connectivity index (χ0v) is 32.7. The minimum absolute atomic E-state index is 0.0431. The Kier molecular flexibility index (Phi) is 13.0. The van der Waals surface area contributed by atoms with Crippen LogP contribution in [0.5, 0.6) is 0 Å². The predicted molar refractivity (Wildman–Crippen MR) is 194 cm³/mol. The van der Waals surface area contributed by atoms with Crippen molar-refractivity contribution in [3.05, 3.63) is 94.9 Å². The lowest BCUT2D eigenvalue weighted by atomic mass is 9.87. The topological polar surface area (TPSA) is 269 Å². The summed E-state index contributed by atoms with van der Waals surface area (Å²) in [5.41, 5.74) is -1.56. The van der Waals surface area contributed by atoms with Crippen LogP contribution in [-0.2, 0) is 85.7 Å². The Labute approximate surface area is 340 Å². The maximum Gasteiger partial charge on any atom is 0.348 e. The van der Waals surface area contributed by atoms with Crippen LogP contribution in [0, 0.1) is 0 Å². The van der Waals surface area contributed by atoms with Gasteiger partial charge in [-0.2, -0.15) is 0 Å². The fourth-order valence-electron chi connectivity index (χ4n) is 6.01. The number of hydrogen-bond donors (Lipinski definition) is 2. The molecule has 5 aliphatic rings. The van der Waals surface area contributed by atoms with Crippen LogP contribution in [0.4, 0.5) is 0 Å². The van der Waals surface area contributed by atoms with E-state index in [1.165, 1.54) is 64.2 Å². The van der Waals surface area contributed by atoms with Crippen LogP contribution in [0.15, 0.2) is 94.9 Å². The molecule has 0 aromatic carbocycles. The third kappa shape index (κ3) is 10.7. The van der Waals surface area contributed by atoms with Crippen LogP contribution in [-0.4, -0.2) is 94.3 Å². The lowest BCUT2D eigenvalue weighted by molar-refractivity contribution is -0.291. The van der Waals surface area contributed by atoms with Gasteiger partial charge in [-0.25, -0.2) is 28.8 Å². The second kappa shape index (κ2) is 17.8. The Hall–Kier alpha value is -7.12. The molecule has 4 aliphatic heterocycles. The smallest absolute Gasteiger partial charge is 0.348 e. The van der Waals surface area contributed by atoms with E-state index in [2.05, 4.69) is 0 Å². The summed E-state index contributed by atoms with van der Waals surface area (Å²) in [5.74, 6) is -15.0. The van der Waals surface area contributed by atoms with E-state index in [9.17, 15) is 48.6 Å². The maximum absolute atomic E-state index is 12.9. The number of esters is 8. The van der Waals surface area contributed by atoms with Gasteiger partial charge in [0.25, 0.3) is 35.0 Å². The quantitative estimate of drug-likeness (QED) is 0.0938. The highest BCUT2D eigenvalue weighted by atomic mass is 16.8. The van der Waals surface area contributed by atoms with Crippen molar-refractivity contribution < 1.29 is 95.9 Å². The normalized spacial score (nSPS) is 28.3. The van der Waals surface area contributed by atoms with E-state index < -0.39 is 93.9 Å². The Morgan fingerprint density at radius 2 is 0.850 bits per heavy atom. The molecule has 3 fully saturated rings. The number of carbonyl (C=O) groups is 8. The van der Waals surface area contributed by atoms with Crippen LogP contribution in [0.2, 0.25) is 0 Å². The Bertz CT molecular complexity index is 1910. The van der Waals surface area contributed by atoms with Crippen LogP contribution in [0.25, 0.3) is 0 Å². The molecule has 60 heavy (non-hydrogen) atoms. The molecule has 4 heterocycles. The van der Waals surface area contributed by atoms with Crippen molar-refractivity contribution in [2.75, 3.05) is 13.2 Å². The molecule has 2 N–H and O–H groups in total. The van der Waals surface area contributed by atoms with Gasteiger partial charge in [-0.05, 0) is 24.3 Å². The van der Waals surface area contributed by atoms with Crippen molar-refractivity contribution in [3.63, 3.8) is 0 Å². The zero-order chi connectivity index (χ0) is 43.9. The van der Waals surface area contributed by atoms with Crippen LogP contribution < -0.4 is 0 Å². The molecule has 0 amide bonds. The SMILES string of the molecule is CC(=O)OCCC1(C)OC(=O)C(C=CC=CC=C2C(=O)OC3(CCC4(CC3)OC(=O)C(=CC=CC=CC3=C(O)OC(C)(CCOC(C)=O)OC3=O)C(=O)O4)OC2=O)=C(O)O1. The van der Waals surface area contributed by atoms with Gasteiger partial charge in [0.1, 0.15) is 22.3 Å². The van der Waals surface area contributed by atoms with Crippen molar-refractivity contribution in [2.24, 2.45) is 0 Å². The number of carbonyl (C=O) groups excluding carboxylic acids is 8. The van der Waals surface area contributed by atoms with E-state index in [4.69, 9.17) is 47.4 Å². The monoisotopic (exact) mass is 840 g/mol. The molecule has 0 aromatic heterocycles. The van der Waals surface area contributed by atoms with E-state index in [1.807, 2.05) is 0 Å². The molecular weight excluding hydrogens is 800 g/mol. The minimum Gasteiger partial charge on any atom is -0.480 e. The number of allylic oxidation sites excluding steroid dienone is 8. The second-order valence-corrected chi connectivity index (χ2v) is 13.9. The lowest BCUT2D eigenvalue weighted by Crippen LogP contribution is -2.56. The number of hydrogen-bond acceptors (Lipinski definition) is 20. The zero-order valence-electron chi connectivity index (χ0n) is 32.7. The van der Waals surface area contributed by atoms with Gasteiger partial charge in [0, 0.05) is 53.4 Å². The van der Waals surface area contributed by atoms with E-state index in [-0.39, 0.29) is 62.9 Å². The molecule has 20 nitrogen and oxygen atoms in total. The molecule has 1 saturated carbocycles. The van der Waals surface area contributed by atoms with E-state index in [0.29, 0.717) is 0 Å². The van der Waals surface area contributed by atoms with E-state index >= 15 is 0 Å². The van der Waals surface area contributed by atoms with Crippen molar-refractivity contribution in [2.45, 2.75) is 89.4 Å². The van der Waals surface area contributed by atoms with Gasteiger partial charge >= 0.3 is 47.8 Å². The fourth-order valence-corrected chi connectivity index (χ4v) is 6.01. The molecule has 20 heteroatoms. The first-order valence-electron chi connectivity index (χ1n) is 18.3. The summed E-state index contributed by atoms with van der Waals surface area (Å²) < 4.78 is 52.6. The summed E-state index contributed by atoms with van der Waals surface area (Å²) in [5, 5.41) is 20.5. The van der Waals surface area contributed by atoms with Crippen molar-refractivity contribution in [3.8, 4) is 0 Å². The molecule has 2 saturated heterocycles. The number of cyclic esters (lactones) is 2. The van der Waals surface area contributed by atoms with Crippen LogP contribution >= 0.6 is 0 Å². The van der Waals surface area contributed by atoms with Gasteiger partial charge in [-0.3, -0.25) is 9.59 Å². The van der Waals surface area contributed by atoms with Gasteiger partial charge in [0.2, 0.25) is 0 Å². The highest BCUT2D eigenvalue weighted by Crippen LogP contribution is 2.45. The predicted octanol–water partition coefficient (Wildman–Crippen LogP) is 3.26. The van der Waals surface area contributed by atoms with Crippen LogP contribution in [0.3, 0.4) is 0 Å². The largest absolute Gasteiger partial charge is 0.480 e. The number of aliphatic hydroxyl groups is 2. The van der Waals surface area contributed by atoms with E-state index in [1.54, 1.807) is 0 Å². The maximum atomic E-state index is 12.9. The molecule has 2 spiro atoms. The Morgan fingerprint density at radius 1 is 0.517 bits per heavy atom. The van der Waals surface area contributed by atoms with Gasteiger partial charge in [-0.15, -0.1) is 0 Å². The number of rotatable bonds is 12. The molecule has 320 valence electrons. The molecule has 1 aliphatic carbocycles. The van der Waals surface area contributed by atoms with Gasteiger partial charge in [0.05, 0.1) is 26.1 Å².